The molecule has 0 radical (unpaired) electrons. The van der Waals surface area contributed by atoms with E-state index in [-0.39, 0.29) is 6.29 Å². The minimum atomic E-state index is -2.63. The SMILES string of the molecule is CCO[Si](CCCN(CCN(C)C)C1N=CN=CN1CCN(C)C)(OCC)OCC.O=C(O)COc1ccc(Cl)cc1Cl. The molecule has 1 aromatic carbocycles. The van der Waals surface area contributed by atoms with Crippen molar-refractivity contribution >= 4 is 50.7 Å². The normalized spacial score (nSPS) is 14.9. The molecule has 246 valence electrons. The van der Waals surface area contributed by atoms with Gasteiger partial charge in [-0.3, -0.25) is 4.90 Å². The minimum Gasteiger partial charge on any atom is -0.480 e. The Kier molecular flexibility index (Phi) is 19.9. The van der Waals surface area contributed by atoms with Gasteiger partial charge in [0, 0.05) is 63.6 Å². The Balaban J connectivity index is 0.000000589. The van der Waals surface area contributed by atoms with Crippen LogP contribution in [0.2, 0.25) is 16.1 Å². The molecule has 0 amide bonds. The summed E-state index contributed by atoms with van der Waals surface area (Å²) in [5.41, 5.74) is 0. The van der Waals surface area contributed by atoms with Crippen molar-refractivity contribution in [3.63, 3.8) is 0 Å². The maximum Gasteiger partial charge on any atom is 0.500 e. The zero-order valence-electron chi connectivity index (χ0n) is 26.7. The molecule has 0 aromatic heterocycles. The molecule has 0 saturated carbocycles. The molecular formula is C28H50Cl2N6O6Si. The largest absolute Gasteiger partial charge is 0.500 e. The van der Waals surface area contributed by atoms with Crippen molar-refractivity contribution in [3.8, 4) is 5.75 Å². The number of carboxylic acid groups (broad SMARTS) is 1. The zero-order chi connectivity index (χ0) is 32.3. The van der Waals surface area contributed by atoms with Gasteiger partial charge < -0.3 is 37.8 Å². The van der Waals surface area contributed by atoms with Crippen LogP contribution in [-0.2, 0) is 18.1 Å². The predicted octanol–water partition coefficient (Wildman–Crippen LogP) is 3.96. The number of nitrogens with zero attached hydrogens (tertiary/aromatic N) is 6. The van der Waals surface area contributed by atoms with Crippen molar-refractivity contribution < 1.29 is 27.9 Å². The van der Waals surface area contributed by atoms with E-state index in [0.717, 1.165) is 45.2 Å². The highest BCUT2D eigenvalue weighted by Crippen LogP contribution is 2.27. The Morgan fingerprint density at radius 3 is 2.14 bits per heavy atom. The third-order valence-electron chi connectivity index (χ3n) is 6.01. The summed E-state index contributed by atoms with van der Waals surface area (Å²) in [6.07, 6.45) is 4.47. The number of aliphatic imine (C=N–C) groups is 2. The number of carboxylic acids is 1. The first kappa shape index (κ1) is 39.2. The summed E-state index contributed by atoms with van der Waals surface area (Å²) in [7, 11) is 5.75. The Labute approximate surface area is 268 Å². The fourth-order valence-electron chi connectivity index (χ4n) is 4.05. The number of ether oxygens (including phenoxy) is 1. The zero-order valence-corrected chi connectivity index (χ0v) is 29.2. The lowest BCUT2D eigenvalue weighted by molar-refractivity contribution is -0.139. The van der Waals surface area contributed by atoms with Gasteiger partial charge in [-0.25, -0.2) is 14.8 Å². The molecule has 15 heteroatoms. The summed E-state index contributed by atoms with van der Waals surface area (Å²) >= 11 is 11.3. The first-order valence-corrected chi connectivity index (χ1v) is 17.2. The van der Waals surface area contributed by atoms with E-state index < -0.39 is 21.4 Å². The predicted molar refractivity (Wildman–Crippen MR) is 176 cm³/mol. The van der Waals surface area contributed by atoms with Crippen LogP contribution in [0.5, 0.6) is 5.75 Å². The number of hydrogen-bond acceptors (Lipinski definition) is 11. The quantitative estimate of drug-likeness (QED) is 0.206. The number of hydrogen-bond donors (Lipinski definition) is 1. The highest BCUT2D eigenvalue weighted by Gasteiger charge is 2.40. The van der Waals surface area contributed by atoms with Crippen molar-refractivity contribution in [2.75, 3.05) is 87.3 Å². The molecule has 1 unspecified atom stereocenters. The van der Waals surface area contributed by atoms with Gasteiger partial charge in [0.15, 0.2) is 12.9 Å². The lowest BCUT2D eigenvalue weighted by Gasteiger charge is -2.38. The number of rotatable bonds is 20. The van der Waals surface area contributed by atoms with Crippen LogP contribution in [0.25, 0.3) is 0 Å². The highest BCUT2D eigenvalue weighted by atomic mass is 35.5. The molecule has 1 aliphatic heterocycles. The summed E-state index contributed by atoms with van der Waals surface area (Å²) < 4.78 is 22.9. The number of carbonyl (C=O) groups is 1. The fourth-order valence-corrected chi connectivity index (χ4v) is 7.11. The van der Waals surface area contributed by atoms with E-state index >= 15 is 0 Å². The summed E-state index contributed by atoms with van der Waals surface area (Å²) in [5.74, 6) is -0.737. The molecule has 2 rings (SSSR count). The van der Waals surface area contributed by atoms with Crippen LogP contribution in [0, 0.1) is 0 Å². The average molecular weight is 666 g/mol. The van der Waals surface area contributed by atoms with Gasteiger partial charge in [-0.05, 0) is 73.6 Å². The maximum absolute atomic E-state index is 10.2. The van der Waals surface area contributed by atoms with Gasteiger partial charge in [-0.15, -0.1) is 0 Å². The Morgan fingerprint density at radius 1 is 0.977 bits per heavy atom. The van der Waals surface area contributed by atoms with Crippen molar-refractivity contribution in [2.45, 2.75) is 39.5 Å². The van der Waals surface area contributed by atoms with Crippen LogP contribution in [-0.4, -0.2) is 146 Å². The first-order chi connectivity index (χ1) is 20.5. The number of likely N-dealkylation sites (N-methyl/N-ethyl adjacent to an activating group) is 2. The molecule has 0 aliphatic carbocycles. The van der Waals surface area contributed by atoms with E-state index in [0.29, 0.717) is 35.6 Å². The van der Waals surface area contributed by atoms with Crippen LogP contribution in [0.3, 0.4) is 0 Å². The van der Waals surface area contributed by atoms with Crippen molar-refractivity contribution in [3.05, 3.63) is 28.2 Å². The monoisotopic (exact) mass is 664 g/mol. The standard InChI is InChI=1S/C20H44N6O3Si.C8H6Cl2O3/c1-8-27-30(28-9-2,29-10-3)17-11-12-25(15-13-23(4)5)20-22-18-21-19-26(20)16-14-24(6)7;9-5-1-2-7(6(10)3-5)13-4-8(11)12/h18-20H,8-17H2,1-7H3;1-3H,4H2,(H,11,12). The van der Waals surface area contributed by atoms with Crippen LogP contribution in [0.15, 0.2) is 28.2 Å². The molecule has 1 heterocycles. The van der Waals surface area contributed by atoms with Crippen LogP contribution in [0.4, 0.5) is 0 Å². The molecule has 1 N–H and O–H groups in total. The highest BCUT2D eigenvalue weighted by molar-refractivity contribution is 6.60. The van der Waals surface area contributed by atoms with E-state index in [1.165, 1.54) is 12.1 Å². The molecule has 43 heavy (non-hydrogen) atoms. The molecule has 0 bridgehead atoms. The van der Waals surface area contributed by atoms with E-state index in [9.17, 15) is 4.79 Å². The van der Waals surface area contributed by atoms with Gasteiger partial charge in [0.25, 0.3) is 0 Å². The van der Waals surface area contributed by atoms with Crippen molar-refractivity contribution in [2.24, 2.45) is 9.98 Å². The van der Waals surface area contributed by atoms with E-state index in [1.807, 2.05) is 27.1 Å². The first-order valence-electron chi connectivity index (χ1n) is 14.5. The summed E-state index contributed by atoms with van der Waals surface area (Å²) in [6.45, 7) is 12.0. The molecular weight excluding hydrogens is 615 g/mol. The maximum atomic E-state index is 10.2. The Bertz CT molecular complexity index is 974. The second-order valence-electron chi connectivity index (χ2n) is 10.1. The summed E-state index contributed by atoms with van der Waals surface area (Å²) in [5, 5.41) is 9.11. The fraction of sp³-hybridized carbons (Fsp3) is 0.679. The molecule has 0 saturated heterocycles. The molecule has 1 aromatic rings. The number of aliphatic carboxylic acids is 1. The summed E-state index contributed by atoms with van der Waals surface area (Å²) in [4.78, 5) is 28.1. The minimum absolute atomic E-state index is 0.0373. The average Bonchev–Trinajstić information content (AvgIpc) is 2.94. The van der Waals surface area contributed by atoms with Crippen molar-refractivity contribution in [1.82, 2.24) is 19.6 Å². The van der Waals surface area contributed by atoms with Crippen LogP contribution < -0.4 is 4.74 Å². The van der Waals surface area contributed by atoms with E-state index in [2.05, 4.69) is 52.8 Å². The molecule has 0 fully saturated rings. The van der Waals surface area contributed by atoms with Crippen LogP contribution >= 0.6 is 23.2 Å². The van der Waals surface area contributed by atoms with Gasteiger partial charge in [0.2, 0.25) is 0 Å². The Morgan fingerprint density at radius 2 is 1.60 bits per heavy atom. The third-order valence-corrected chi connectivity index (χ3v) is 9.69. The molecule has 1 atom stereocenters. The van der Waals surface area contributed by atoms with E-state index in [1.54, 1.807) is 12.4 Å². The molecule has 0 spiro atoms. The topological polar surface area (TPSA) is 112 Å². The second-order valence-corrected chi connectivity index (χ2v) is 13.7. The lowest BCUT2D eigenvalue weighted by atomic mass is 10.3. The molecule has 12 nitrogen and oxygen atoms in total. The van der Waals surface area contributed by atoms with Crippen molar-refractivity contribution in [1.29, 1.82) is 0 Å². The Hall–Kier alpha value is -1.81. The van der Waals surface area contributed by atoms with Gasteiger partial charge in [0.05, 0.1) is 11.4 Å². The van der Waals surface area contributed by atoms with Gasteiger partial charge >= 0.3 is 14.8 Å². The number of halogens is 2. The van der Waals surface area contributed by atoms with Crippen LogP contribution in [0.1, 0.15) is 27.2 Å². The number of benzene rings is 1. The molecule has 1 aliphatic rings. The smallest absolute Gasteiger partial charge is 0.480 e. The van der Waals surface area contributed by atoms with Gasteiger partial charge in [0.1, 0.15) is 12.1 Å². The third kappa shape index (κ3) is 16.2. The van der Waals surface area contributed by atoms with Gasteiger partial charge in [-0.2, -0.15) is 0 Å². The second kappa shape index (κ2) is 21.8. The van der Waals surface area contributed by atoms with Gasteiger partial charge in [-0.1, -0.05) is 23.2 Å². The van der Waals surface area contributed by atoms with E-state index in [4.69, 9.17) is 51.3 Å². The summed E-state index contributed by atoms with van der Waals surface area (Å²) in [6, 6.07) is 5.39. The lowest BCUT2D eigenvalue weighted by Crippen LogP contribution is -2.52.